The fraction of sp³-hybridized carbons (Fsp3) is 0.375. The summed E-state index contributed by atoms with van der Waals surface area (Å²) in [6.45, 7) is 2.89. The highest BCUT2D eigenvalue weighted by Gasteiger charge is 2.26. The average molecular weight is 550 g/mol. The number of benzene rings is 2. The number of aromatic nitrogens is 2. The van der Waals surface area contributed by atoms with Crippen molar-refractivity contribution in [2.45, 2.75) is 30.7 Å². The lowest BCUT2D eigenvalue weighted by atomic mass is 9.97. The van der Waals surface area contributed by atoms with E-state index in [1.807, 2.05) is 48.5 Å². The van der Waals surface area contributed by atoms with Crippen molar-refractivity contribution >= 4 is 45.2 Å². The zero-order chi connectivity index (χ0) is 23.0. The third-order valence-electron chi connectivity index (χ3n) is 5.51. The van der Waals surface area contributed by atoms with E-state index in [4.69, 9.17) is 16.1 Å². The van der Waals surface area contributed by atoms with Crippen LogP contribution in [0, 0.1) is 5.92 Å². The highest BCUT2D eigenvalue weighted by atomic mass is 79.9. The molecule has 1 aliphatic heterocycles. The number of halogens is 2. The van der Waals surface area contributed by atoms with Gasteiger partial charge in [0.25, 0.3) is 0 Å². The largest absolute Gasteiger partial charge is 0.356 e. The van der Waals surface area contributed by atoms with Crippen molar-refractivity contribution in [3.05, 3.63) is 63.9 Å². The van der Waals surface area contributed by atoms with Crippen molar-refractivity contribution in [1.29, 1.82) is 0 Å². The normalized spacial score (nSPS) is 16.6. The molecule has 1 N–H and O–H groups in total. The summed E-state index contributed by atoms with van der Waals surface area (Å²) in [5.74, 6) is 2.25. The summed E-state index contributed by atoms with van der Waals surface area (Å²) in [7, 11) is 0. The highest BCUT2D eigenvalue weighted by molar-refractivity contribution is 9.10. The highest BCUT2D eigenvalue weighted by Crippen LogP contribution is 2.23. The lowest BCUT2D eigenvalue weighted by Crippen LogP contribution is -2.43. The predicted octanol–water partition coefficient (Wildman–Crippen LogP) is 5.66. The molecule has 2 aromatic carbocycles. The number of amides is 1. The molecule has 9 heteroatoms. The molecular weight excluding hydrogens is 524 g/mol. The second-order valence-corrected chi connectivity index (χ2v) is 10.6. The Bertz CT molecular complexity index is 1050. The topological polar surface area (TPSA) is 71.3 Å². The molecule has 3 aromatic rings. The Morgan fingerprint density at radius 1 is 1.21 bits per heavy atom. The molecule has 2 heterocycles. The first kappa shape index (κ1) is 24.3. The number of hydrogen-bond donors (Lipinski definition) is 1. The summed E-state index contributed by atoms with van der Waals surface area (Å²) in [5, 5.41) is 7.96. The van der Waals surface area contributed by atoms with Gasteiger partial charge >= 0.3 is 0 Å². The first-order chi connectivity index (χ1) is 16.1. The quantitative estimate of drug-likeness (QED) is 0.274. The van der Waals surface area contributed by atoms with Crippen LogP contribution in [0.25, 0.3) is 11.4 Å². The third kappa shape index (κ3) is 7.30. The Hall–Kier alpha value is -1.87. The lowest BCUT2D eigenvalue weighted by molar-refractivity contribution is -0.126. The number of thioether (sulfide) groups is 1. The van der Waals surface area contributed by atoms with Crippen LogP contribution in [0.4, 0.5) is 0 Å². The molecule has 1 unspecified atom stereocenters. The fourth-order valence-corrected chi connectivity index (χ4v) is 5.03. The Balaban J connectivity index is 1.19. The van der Waals surface area contributed by atoms with Crippen molar-refractivity contribution in [2.75, 3.05) is 25.4 Å². The number of carbonyl (C=O) groups is 1. The van der Waals surface area contributed by atoms with Gasteiger partial charge in [-0.2, -0.15) is 4.98 Å². The van der Waals surface area contributed by atoms with E-state index in [2.05, 4.69) is 36.3 Å². The van der Waals surface area contributed by atoms with Crippen LogP contribution in [0.15, 0.2) is 62.4 Å². The van der Waals surface area contributed by atoms with E-state index in [0.717, 1.165) is 46.6 Å². The lowest BCUT2D eigenvalue weighted by Gasteiger charge is -2.30. The van der Waals surface area contributed by atoms with Gasteiger partial charge in [-0.1, -0.05) is 32.7 Å². The van der Waals surface area contributed by atoms with E-state index in [0.29, 0.717) is 31.3 Å². The van der Waals surface area contributed by atoms with Crippen LogP contribution < -0.4 is 5.32 Å². The van der Waals surface area contributed by atoms with E-state index in [-0.39, 0.29) is 11.8 Å². The van der Waals surface area contributed by atoms with Gasteiger partial charge in [-0.3, -0.25) is 9.69 Å². The maximum absolute atomic E-state index is 12.7. The van der Waals surface area contributed by atoms with Gasteiger partial charge in [-0.15, -0.1) is 11.8 Å². The number of nitrogens with zero attached hydrogens (tertiary/aromatic N) is 3. The van der Waals surface area contributed by atoms with E-state index in [1.54, 1.807) is 11.8 Å². The number of nitrogens with one attached hydrogen (secondary N) is 1. The Morgan fingerprint density at radius 2 is 2.00 bits per heavy atom. The molecule has 0 spiro atoms. The van der Waals surface area contributed by atoms with Gasteiger partial charge < -0.3 is 9.84 Å². The summed E-state index contributed by atoms with van der Waals surface area (Å²) in [6, 6.07) is 15.7. The van der Waals surface area contributed by atoms with Crippen LogP contribution in [0.2, 0.25) is 5.02 Å². The van der Waals surface area contributed by atoms with Crippen LogP contribution in [0.5, 0.6) is 0 Å². The summed E-state index contributed by atoms with van der Waals surface area (Å²) in [6.07, 6.45) is 2.82. The minimum Gasteiger partial charge on any atom is -0.356 e. The predicted molar refractivity (Wildman–Crippen MR) is 135 cm³/mol. The molecular formula is C24H26BrClN4O2S. The molecule has 6 nitrogen and oxygen atoms in total. The van der Waals surface area contributed by atoms with Gasteiger partial charge in [-0.05, 0) is 80.1 Å². The first-order valence-electron chi connectivity index (χ1n) is 11.0. The summed E-state index contributed by atoms with van der Waals surface area (Å²) >= 11 is 11.1. The van der Waals surface area contributed by atoms with E-state index < -0.39 is 0 Å². The van der Waals surface area contributed by atoms with Gasteiger partial charge in [0.05, 0.1) is 12.5 Å². The number of hydrogen-bond acceptors (Lipinski definition) is 6. The number of rotatable bonds is 9. The van der Waals surface area contributed by atoms with Crippen LogP contribution >= 0.6 is 39.3 Å². The fourth-order valence-electron chi connectivity index (χ4n) is 3.79. The maximum atomic E-state index is 12.7. The average Bonchev–Trinajstić information content (AvgIpc) is 3.29. The second kappa shape index (κ2) is 12.0. The molecule has 1 saturated heterocycles. The number of piperidine rings is 1. The van der Waals surface area contributed by atoms with Crippen LogP contribution in [-0.4, -0.2) is 46.3 Å². The van der Waals surface area contributed by atoms with Crippen LogP contribution in [0.3, 0.4) is 0 Å². The van der Waals surface area contributed by atoms with Crippen molar-refractivity contribution in [2.24, 2.45) is 5.92 Å². The zero-order valence-electron chi connectivity index (χ0n) is 18.2. The van der Waals surface area contributed by atoms with Crippen molar-refractivity contribution in [3.63, 3.8) is 0 Å². The summed E-state index contributed by atoms with van der Waals surface area (Å²) in [5.41, 5.74) is 0.915. The second-order valence-electron chi connectivity index (χ2n) is 8.04. The number of carbonyl (C=O) groups excluding carboxylic acids is 1. The monoisotopic (exact) mass is 548 g/mol. The molecule has 1 aliphatic rings. The van der Waals surface area contributed by atoms with Crippen molar-refractivity contribution < 1.29 is 9.32 Å². The van der Waals surface area contributed by atoms with Gasteiger partial charge in [-0.25, -0.2) is 0 Å². The van der Waals surface area contributed by atoms with E-state index in [1.165, 1.54) is 4.90 Å². The molecule has 4 rings (SSSR count). The standard InChI is InChI=1S/C24H26BrClN4O2S/c25-19-6-4-17(5-7-19)23-28-22(32-29-23)16-30-13-1-3-18(15-30)24(31)27-12-2-14-33-21-10-8-20(26)9-11-21/h4-11,18H,1-3,12-16H2,(H,27,31). The zero-order valence-corrected chi connectivity index (χ0v) is 21.3. The molecule has 1 fully saturated rings. The van der Waals surface area contributed by atoms with Crippen LogP contribution in [-0.2, 0) is 11.3 Å². The molecule has 0 aliphatic carbocycles. The van der Waals surface area contributed by atoms with Crippen LogP contribution in [0.1, 0.15) is 25.2 Å². The van der Waals surface area contributed by atoms with E-state index in [9.17, 15) is 4.79 Å². The summed E-state index contributed by atoms with van der Waals surface area (Å²) < 4.78 is 6.47. The van der Waals surface area contributed by atoms with Crippen molar-refractivity contribution in [1.82, 2.24) is 20.4 Å². The Kier molecular flexibility index (Phi) is 8.83. The first-order valence-corrected chi connectivity index (χ1v) is 13.2. The smallest absolute Gasteiger partial charge is 0.241 e. The van der Waals surface area contributed by atoms with Gasteiger partial charge in [0.2, 0.25) is 17.6 Å². The molecule has 174 valence electrons. The molecule has 0 radical (unpaired) electrons. The molecule has 0 bridgehead atoms. The number of likely N-dealkylation sites (tertiary alicyclic amines) is 1. The minimum atomic E-state index is -0.00321. The van der Waals surface area contributed by atoms with Gasteiger partial charge in [0.15, 0.2) is 0 Å². The molecule has 1 atom stereocenters. The minimum absolute atomic E-state index is 0.00321. The molecule has 0 saturated carbocycles. The molecule has 1 amide bonds. The third-order valence-corrected chi connectivity index (χ3v) is 7.39. The van der Waals surface area contributed by atoms with Gasteiger partial charge in [0.1, 0.15) is 0 Å². The van der Waals surface area contributed by atoms with E-state index >= 15 is 0 Å². The molecule has 33 heavy (non-hydrogen) atoms. The Labute approximate surface area is 211 Å². The summed E-state index contributed by atoms with van der Waals surface area (Å²) in [4.78, 5) is 20.6. The SMILES string of the molecule is O=C(NCCCSc1ccc(Cl)cc1)C1CCCN(Cc2nc(-c3ccc(Br)cc3)no2)C1. The Morgan fingerprint density at radius 3 is 2.79 bits per heavy atom. The molecule has 1 aromatic heterocycles. The van der Waals surface area contributed by atoms with Gasteiger partial charge in [0, 0.05) is 33.0 Å². The van der Waals surface area contributed by atoms with Crippen molar-refractivity contribution in [3.8, 4) is 11.4 Å². The maximum Gasteiger partial charge on any atom is 0.241 e.